The summed E-state index contributed by atoms with van der Waals surface area (Å²) in [4.78, 5) is 24.2. The van der Waals surface area contributed by atoms with Gasteiger partial charge in [-0.1, -0.05) is 36.1 Å². The maximum Gasteiger partial charge on any atom is 0.364 e. The number of methoxy groups -OCH3 is 1. The summed E-state index contributed by atoms with van der Waals surface area (Å²) in [6.07, 6.45) is 5.36. The van der Waals surface area contributed by atoms with E-state index < -0.39 is 5.97 Å². The molecular formula is C17H17NO4S2. The molecule has 0 radical (unpaired) electrons. The van der Waals surface area contributed by atoms with Crippen LogP contribution in [0.25, 0.3) is 6.08 Å². The standard InChI is InChI=1S/C17H17NO4S2/c1-10-8-13(22-3)11(2)7-12(10)5-4-6-14-15(19)18(9-24-14)16(23)17(20)21/h4-8H,9H2,1-3H3,(H,20,21). The SMILES string of the molecule is COc1cc(C)c(C=CC=C2SCN(C(=S)C(=O)O)C2=O)cc1C. The number of aryl methyl sites for hydroxylation is 2. The van der Waals surface area contributed by atoms with Gasteiger partial charge in [-0.3, -0.25) is 9.69 Å². The molecule has 0 saturated carbocycles. The minimum atomic E-state index is -1.26. The number of aliphatic carboxylic acids is 1. The Kier molecular flexibility index (Phi) is 5.80. The summed E-state index contributed by atoms with van der Waals surface area (Å²) in [5, 5.41) is 8.88. The van der Waals surface area contributed by atoms with Gasteiger partial charge in [0.25, 0.3) is 5.91 Å². The molecular weight excluding hydrogens is 346 g/mol. The average Bonchev–Trinajstić information content (AvgIpc) is 2.90. The number of carboxylic acids is 1. The van der Waals surface area contributed by atoms with Crippen molar-refractivity contribution in [2.45, 2.75) is 13.8 Å². The minimum absolute atomic E-state index is 0.226. The van der Waals surface area contributed by atoms with Gasteiger partial charge >= 0.3 is 5.97 Å². The zero-order valence-electron chi connectivity index (χ0n) is 13.5. The van der Waals surface area contributed by atoms with Crippen molar-refractivity contribution in [3.8, 4) is 5.75 Å². The van der Waals surface area contributed by atoms with Crippen molar-refractivity contribution in [1.82, 2.24) is 4.90 Å². The fourth-order valence-corrected chi connectivity index (χ4v) is 3.38. The van der Waals surface area contributed by atoms with Crippen LogP contribution >= 0.6 is 24.0 Å². The number of rotatable bonds is 3. The Morgan fingerprint density at radius 1 is 1.38 bits per heavy atom. The molecule has 0 unspecified atom stereocenters. The third kappa shape index (κ3) is 3.85. The lowest BCUT2D eigenvalue weighted by Crippen LogP contribution is -2.35. The first kappa shape index (κ1) is 18.2. The van der Waals surface area contributed by atoms with Crippen LogP contribution in [0, 0.1) is 13.8 Å². The van der Waals surface area contributed by atoms with Gasteiger partial charge in [0.15, 0.2) is 4.99 Å². The number of thiocarbonyl (C=S) groups is 1. The summed E-state index contributed by atoms with van der Waals surface area (Å²) in [7, 11) is 1.64. The molecule has 5 nitrogen and oxygen atoms in total. The third-order valence-corrected chi connectivity index (χ3v) is 4.94. The van der Waals surface area contributed by atoms with E-state index in [1.165, 1.54) is 11.8 Å². The number of amides is 1. The molecule has 7 heteroatoms. The zero-order valence-corrected chi connectivity index (χ0v) is 15.2. The van der Waals surface area contributed by atoms with Crippen molar-refractivity contribution in [2.24, 2.45) is 0 Å². The van der Waals surface area contributed by atoms with Crippen molar-refractivity contribution in [2.75, 3.05) is 13.0 Å². The van der Waals surface area contributed by atoms with Crippen molar-refractivity contribution >= 4 is 46.9 Å². The van der Waals surface area contributed by atoms with E-state index >= 15 is 0 Å². The molecule has 1 aromatic carbocycles. The van der Waals surface area contributed by atoms with Crippen LogP contribution in [0.3, 0.4) is 0 Å². The molecule has 126 valence electrons. The van der Waals surface area contributed by atoms with Crippen molar-refractivity contribution < 1.29 is 19.4 Å². The van der Waals surface area contributed by atoms with E-state index in [2.05, 4.69) is 0 Å². The van der Waals surface area contributed by atoms with E-state index in [0.717, 1.165) is 27.3 Å². The van der Waals surface area contributed by atoms with Crippen LogP contribution in [-0.2, 0) is 9.59 Å². The van der Waals surface area contributed by atoms with Gasteiger partial charge in [-0.25, -0.2) is 4.79 Å². The Morgan fingerprint density at radius 3 is 2.71 bits per heavy atom. The molecule has 1 heterocycles. The molecule has 1 N–H and O–H groups in total. The molecule has 1 saturated heterocycles. The fourth-order valence-electron chi connectivity index (χ4n) is 2.22. The van der Waals surface area contributed by atoms with E-state index in [9.17, 15) is 9.59 Å². The molecule has 1 aliphatic heterocycles. The quantitative estimate of drug-likeness (QED) is 0.657. The molecule has 2 rings (SSSR count). The number of benzene rings is 1. The highest BCUT2D eigenvalue weighted by molar-refractivity contribution is 8.04. The number of carboxylic acid groups (broad SMARTS) is 1. The highest BCUT2D eigenvalue weighted by atomic mass is 32.2. The third-order valence-electron chi connectivity index (χ3n) is 3.54. The van der Waals surface area contributed by atoms with E-state index in [4.69, 9.17) is 22.1 Å². The number of nitrogens with zero attached hydrogens (tertiary/aromatic N) is 1. The number of allylic oxidation sites excluding steroid dienone is 2. The highest BCUT2D eigenvalue weighted by Gasteiger charge is 2.31. The largest absolute Gasteiger partial charge is 0.496 e. The lowest BCUT2D eigenvalue weighted by molar-refractivity contribution is -0.131. The smallest absolute Gasteiger partial charge is 0.364 e. The van der Waals surface area contributed by atoms with Crippen molar-refractivity contribution in [3.05, 3.63) is 45.9 Å². The van der Waals surface area contributed by atoms with E-state index in [1.54, 1.807) is 19.3 Å². The molecule has 1 amide bonds. The topological polar surface area (TPSA) is 66.8 Å². The molecule has 0 spiro atoms. The normalized spacial score (nSPS) is 16.2. The summed E-state index contributed by atoms with van der Waals surface area (Å²) < 4.78 is 5.28. The Balaban J connectivity index is 2.16. The summed E-state index contributed by atoms with van der Waals surface area (Å²) in [6.45, 7) is 3.95. The minimum Gasteiger partial charge on any atom is -0.496 e. The predicted octanol–water partition coefficient (Wildman–Crippen LogP) is 3.15. The number of carbonyl (C=O) groups is 2. The van der Waals surface area contributed by atoms with E-state index in [-0.39, 0.29) is 16.8 Å². The lowest BCUT2D eigenvalue weighted by atomic mass is 10.0. The monoisotopic (exact) mass is 363 g/mol. The summed E-state index contributed by atoms with van der Waals surface area (Å²) >= 11 is 6.02. The van der Waals surface area contributed by atoms with Gasteiger partial charge in [0, 0.05) is 0 Å². The lowest BCUT2D eigenvalue weighted by Gasteiger charge is -2.10. The zero-order chi connectivity index (χ0) is 17.9. The molecule has 1 fully saturated rings. The summed E-state index contributed by atoms with van der Waals surface area (Å²) in [6, 6.07) is 3.98. The number of thioether (sulfide) groups is 1. The van der Waals surface area contributed by atoms with Crippen molar-refractivity contribution in [1.29, 1.82) is 0 Å². The molecule has 0 atom stereocenters. The maximum absolute atomic E-state index is 12.1. The molecule has 24 heavy (non-hydrogen) atoms. The maximum atomic E-state index is 12.1. The van der Waals surface area contributed by atoms with Gasteiger partial charge in [-0.05, 0) is 48.7 Å². The van der Waals surface area contributed by atoms with Gasteiger partial charge in [-0.2, -0.15) is 0 Å². The summed E-state index contributed by atoms with van der Waals surface area (Å²) in [5.41, 5.74) is 3.12. The van der Waals surface area contributed by atoms with Gasteiger partial charge in [0.05, 0.1) is 17.9 Å². The van der Waals surface area contributed by atoms with Crippen LogP contribution in [0.4, 0.5) is 0 Å². The Hall–Kier alpha value is -2.12. The van der Waals surface area contributed by atoms with Gasteiger partial charge in [-0.15, -0.1) is 0 Å². The van der Waals surface area contributed by atoms with Crippen LogP contribution in [0.5, 0.6) is 5.75 Å². The number of ether oxygens (including phenoxy) is 1. The summed E-state index contributed by atoms with van der Waals surface area (Å²) in [5.74, 6) is -0.577. The second kappa shape index (κ2) is 7.63. The second-order valence-electron chi connectivity index (χ2n) is 5.19. The fraction of sp³-hybridized carbons (Fsp3) is 0.235. The molecule has 0 aliphatic carbocycles. The van der Waals surface area contributed by atoms with Gasteiger partial charge < -0.3 is 9.84 Å². The Labute approximate surface area is 150 Å². The first-order valence-corrected chi connectivity index (χ1v) is 8.50. The Morgan fingerprint density at radius 2 is 2.08 bits per heavy atom. The van der Waals surface area contributed by atoms with E-state index in [1.807, 2.05) is 32.1 Å². The second-order valence-corrected chi connectivity index (χ2v) is 6.56. The van der Waals surface area contributed by atoms with Crippen LogP contribution in [-0.4, -0.2) is 39.9 Å². The van der Waals surface area contributed by atoms with Crippen LogP contribution in [0.1, 0.15) is 16.7 Å². The molecule has 1 aromatic rings. The van der Waals surface area contributed by atoms with Crippen LogP contribution in [0.15, 0.2) is 29.2 Å². The van der Waals surface area contributed by atoms with Gasteiger partial charge in [0.2, 0.25) is 0 Å². The molecule has 1 aliphatic rings. The first-order valence-electron chi connectivity index (χ1n) is 7.10. The number of hydrogen-bond acceptors (Lipinski definition) is 5. The Bertz CT molecular complexity index is 768. The number of carbonyl (C=O) groups excluding carboxylic acids is 1. The van der Waals surface area contributed by atoms with Crippen molar-refractivity contribution in [3.63, 3.8) is 0 Å². The average molecular weight is 363 g/mol. The first-order chi connectivity index (χ1) is 11.3. The number of hydrogen-bond donors (Lipinski definition) is 1. The molecule has 0 bridgehead atoms. The van der Waals surface area contributed by atoms with Crippen LogP contribution in [0.2, 0.25) is 0 Å². The van der Waals surface area contributed by atoms with Gasteiger partial charge in [0.1, 0.15) is 5.75 Å². The predicted molar refractivity (Wildman–Crippen MR) is 99.1 cm³/mol. The molecule has 0 aromatic heterocycles. The highest BCUT2D eigenvalue weighted by Crippen LogP contribution is 2.29. The van der Waals surface area contributed by atoms with Crippen LogP contribution < -0.4 is 4.74 Å². The van der Waals surface area contributed by atoms with E-state index in [0.29, 0.717) is 4.91 Å².